The van der Waals surface area contributed by atoms with Gasteiger partial charge in [0, 0.05) is 25.1 Å². The van der Waals surface area contributed by atoms with E-state index in [0.29, 0.717) is 0 Å². The Morgan fingerprint density at radius 1 is 1.69 bits per heavy atom. The van der Waals surface area contributed by atoms with E-state index in [2.05, 4.69) is 16.6 Å². The van der Waals surface area contributed by atoms with Crippen molar-refractivity contribution in [1.29, 1.82) is 0 Å². The van der Waals surface area contributed by atoms with Crippen LogP contribution in [0.25, 0.3) is 0 Å². The van der Waals surface area contributed by atoms with Gasteiger partial charge in [-0.05, 0) is 13.2 Å². The van der Waals surface area contributed by atoms with Crippen molar-refractivity contribution in [1.82, 2.24) is 9.55 Å². The molecule has 3 nitrogen and oxygen atoms in total. The zero-order valence-corrected chi connectivity index (χ0v) is 8.93. The number of aliphatic imine (C=N–C) groups is 1. The van der Waals surface area contributed by atoms with E-state index in [1.54, 1.807) is 18.0 Å². The quantitative estimate of drug-likeness (QED) is 0.534. The van der Waals surface area contributed by atoms with Gasteiger partial charge in [0.25, 0.3) is 0 Å². The third-order valence-electron chi connectivity index (χ3n) is 1.50. The van der Waals surface area contributed by atoms with Crippen LogP contribution >= 0.6 is 11.8 Å². The number of hydrogen-bond acceptors (Lipinski definition) is 3. The minimum atomic E-state index is 0.798. The van der Waals surface area contributed by atoms with Crippen molar-refractivity contribution in [2.45, 2.75) is 6.92 Å². The predicted octanol–water partition coefficient (Wildman–Crippen LogP) is 2.06. The first-order valence-electron chi connectivity index (χ1n) is 3.91. The molecule has 0 unspecified atom stereocenters. The molecule has 0 atom stereocenters. The van der Waals surface area contributed by atoms with Gasteiger partial charge in [0.2, 0.25) is 0 Å². The van der Waals surface area contributed by atoms with E-state index in [1.807, 2.05) is 31.0 Å². The highest BCUT2D eigenvalue weighted by Crippen LogP contribution is 2.10. The molecule has 0 saturated heterocycles. The summed E-state index contributed by atoms with van der Waals surface area (Å²) in [6, 6.07) is 0. The zero-order valence-electron chi connectivity index (χ0n) is 8.11. The maximum Gasteiger partial charge on any atom is 0.165 e. The van der Waals surface area contributed by atoms with Crippen LogP contribution in [-0.2, 0) is 7.05 Å². The van der Waals surface area contributed by atoms with Crippen LogP contribution in [0.4, 0.5) is 0 Å². The van der Waals surface area contributed by atoms with E-state index in [4.69, 9.17) is 0 Å². The van der Waals surface area contributed by atoms with Crippen LogP contribution in [0, 0.1) is 0 Å². The second-order valence-electron chi connectivity index (χ2n) is 2.72. The fourth-order valence-electron chi connectivity index (χ4n) is 0.932. The molecular weight excluding hydrogens is 182 g/mol. The number of hydrogen-bond donors (Lipinski definition) is 0. The molecule has 0 spiro atoms. The highest BCUT2D eigenvalue weighted by molar-refractivity contribution is 8.13. The van der Waals surface area contributed by atoms with Crippen molar-refractivity contribution in [3.63, 3.8) is 0 Å². The summed E-state index contributed by atoms with van der Waals surface area (Å²) < 4.78 is 1.94. The van der Waals surface area contributed by atoms with Crippen LogP contribution < -0.4 is 0 Å². The predicted molar refractivity (Wildman–Crippen MR) is 58.1 cm³/mol. The van der Waals surface area contributed by atoms with Gasteiger partial charge in [-0.25, -0.2) is 9.98 Å². The maximum atomic E-state index is 4.30. The molecule has 1 aromatic rings. The van der Waals surface area contributed by atoms with Gasteiger partial charge < -0.3 is 4.57 Å². The van der Waals surface area contributed by atoms with Gasteiger partial charge >= 0.3 is 0 Å². The van der Waals surface area contributed by atoms with Gasteiger partial charge in [-0.2, -0.15) is 0 Å². The molecule has 0 amide bonds. The van der Waals surface area contributed by atoms with Gasteiger partial charge in [-0.15, -0.1) is 11.8 Å². The molecule has 0 aliphatic rings. The molecule has 0 aromatic carbocycles. The Labute approximate surface area is 82.6 Å². The number of imidazole rings is 1. The van der Waals surface area contributed by atoms with Gasteiger partial charge in [-0.1, -0.05) is 6.58 Å². The van der Waals surface area contributed by atoms with Crippen LogP contribution in [0.2, 0.25) is 0 Å². The van der Waals surface area contributed by atoms with E-state index >= 15 is 0 Å². The molecule has 0 aliphatic carbocycles. The maximum absolute atomic E-state index is 4.30. The lowest BCUT2D eigenvalue weighted by molar-refractivity contribution is 0.900. The summed E-state index contributed by atoms with van der Waals surface area (Å²) >= 11 is 1.58. The Hall–Kier alpha value is -1.03. The monoisotopic (exact) mass is 195 g/mol. The summed E-state index contributed by atoms with van der Waals surface area (Å²) in [6.45, 7) is 5.62. The Bertz CT molecular complexity index is 338. The molecule has 0 saturated carbocycles. The third-order valence-corrected chi connectivity index (χ3v) is 2.16. The van der Waals surface area contributed by atoms with Crippen molar-refractivity contribution in [2.24, 2.45) is 12.0 Å². The number of thioether (sulfide) groups is 1. The zero-order chi connectivity index (χ0) is 9.84. The molecule has 0 fully saturated rings. The average Bonchev–Trinajstić information content (AvgIpc) is 2.47. The molecule has 1 heterocycles. The number of aryl methyl sites for hydroxylation is 1. The van der Waals surface area contributed by atoms with Crippen LogP contribution in [-0.4, -0.2) is 20.9 Å². The molecule has 1 aromatic heterocycles. The largest absolute Gasteiger partial charge is 0.332 e. The second-order valence-corrected chi connectivity index (χ2v) is 3.51. The van der Waals surface area contributed by atoms with Crippen molar-refractivity contribution in [3.8, 4) is 0 Å². The number of aromatic nitrogens is 2. The lowest BCUT2D eigenvalue weighted by atomic mass is 10.5. The van der Waals surface area contributed by atoms with Crippen molar-refractivity contribution >= 4 is 16.8 Å². The van der Waals surface area contributed by atoms with Crippen molar-refractivity contribution < 1.29 is 0 Å². The molecule has 0 aliphatic heterocycles. The average molecular weight is 195 g/mol. The smallest absolute Gasteiger partial charge is 0.165 e. The first-order chi connectivity index (χ1) is 6.15. The topological polar surface area (TPSA) is 30.2 Å². The summed E-state index contributed by atoms with van der Waals surface area (Å²) in [5.41, 5.74) is 0.798. The van der Waals surface area contributed by atoms with E-state index < -0.39 is 0 Å². The van der Waals surface area contributed by atoms with Gasteiger partial charge in [-0.3, -0.25) is 0 Å². The lowest BCUT2D eigenvalue weighted by Gasteiger charge is -2.02. The number of rotatable bonds is 2. The van der Waals surface area contributed by atoms with Gasteiger partial charge in [0.15, 0.2) is 5.82 Å². The minimum absolute atomic E-state index is 0.798. The highest BCUT2D eigenvalue weighted by atomic mass is 32.2. The molecule has 4 heteroatoms. The summed E-state index contributed by atoms with van der Waals surface area (Å²) in [5, 5.41) is 0.903. The first-order valence-corrected chi connectivity index (χ1v) is 5.13. The highest BCUT2D eigenvalue weighted by Gasteiger charge is 2.06. The fraction of sp³-hybridized carbons (Fsp3) is 0.333. The van der Waals surface area contributed by atoms with Crippen LogP contribution in [0.1, 0.15) is 12.7 Å². The molecule has 0 bridgehead atoms. The number of allylic oxidation sites excluding steroid dienone is 1. The standard InChI is InChI=1S/C9H13N3S/c1-7(2)11-9(13-4)8-10-5-6-12(8)3/h5-6H,1H2,2-4H3. The molecular formula is C9H13N3S. The lowest BCUT2D eigenvalue weighted by Crippen LogP contribution is -2.04. The van der Waals surface area contributed by atoms with Crippen LogP contribution in [0.15, 0.2) is 29.7 Å². The molecule has 0 N–H and O–H groups in total. The summed E-state index contributed by atoms with van der Waals surface area (Å²) in [6.07, 6.45) is 5.65. The van der Waals surface area contributed by atoms with Gasteiger partial charge in [0.05, 0.1) is 0 Å². The Morgan fingerprint density at radius 2 is 2.38 bits per heavy atom. The minimum Gasteiger partial charge on any atom is -0.332 e. The summed E-state index contributed by atoms with van der Waals surface area (Å²) in [4.78, 5) is 8.51. The first kappa shape index (κ1) is 10.1. The van der Waals surface area contributed by atoms with Crippen molar-refractivity contribution in [3.05, 3.63) is 30.5 Å². The molecule has 1 rings (SSSR count). The summed E-state index contributed by atoms with van der Waals surface area (Å²) in [5.74, 6) is 0.885. The van der Waals surface area contributed by atoms with Crippen molar-refractivity contribution in [2.75, 3.05) is 6.26 Å². The summed E-state index contributed by atoms with van der Waals surface area (Å²) in [7, 11) is 1.95. The van der Waals surface area contributed by atoms with E-state index in [9.17, 15) is 0 Å². The normalized spacial score (nSPS) is 11.8. The third kappa shape index (κ3) is 2.45. The van der Waals surface area contributed by atoms with Crippen LogP contribution in [0.3, 0.4) is 0 Å². The Morgan fingerprint density at radius 3 is 2.77 bits per heavy atom. The Balaban J connectivity index is 3.04. The Kier molecular flexibility index (Phi) is 3.31. The van der Waals surface area contributed by atoms with Gasteiger partial charge in [0.1, 0.15) is 5.04 Å². The van der Waals surface area contributed by atoms with E-state index in [0.717, 1.165) is 16.6 Å². The fourth-order valence-corrected chi connectivity index (χ4v) is 1.56. The second kappa shape index (κ2) is 4.28. The van der Waals surface area contributed by atoms with E-state index in [-0.39, 0.29) is 0 Å². The molecule has 0 radical (unpaired) electrons. The van der Waals surface area contributed by atoms with Crippen LogP contribution in [0.5, 0.6) is 0 Å². The van der Waals surface area contributed by atoms with E-state index in [1.165, 1.54) is 0 Å². The SMILES string of the molecule is C=C(C)N=C(SC)c1nccn1C. The molecule has 70 valence electrons. The number of nitrogens with zero attached hydrogens (tertiary/aromatic N) is 3. The molecule has 13 heavy (non-hydrogen) atoms.